The summed E-state index contributed by atoms with van der Waals surface area (Å²) in [5, 5.41) is 10.7. The van der Waals surface area contributed by atoms with Crippen molar-refractivity contribution < 1.29 is 0 Å². The molecule has 4 heteroatoms. The van der Waals surface area contributed by atoms with Gasteiger partial charge in [0.15, 0.2) is 0 Å². The van der Waals surface area contributed by atoms with E-state index in [1.165, 1.54) is 4.90 Å². The molecule has 0 amide bonds. The van der Waals surface area contributed by atoms with Crippen molar-refractivity contribution in [3.63, 3.8) is 0 Å². The molecule has 1 heterocycles. The summed E-state index contributed by atoms with van der Waals surface area (Å²) < 4.78 is 0. The van der Waals surface area contributed by atoms with Crippen molar-refractivity contribution in [3.05, 3.63) is 36.4 Å². The molecule has 0 radical (unpaired) electrons. The van der Waals surface area contributed by atoms with Crippen molar-refractivity contribution in [1.82, 2.24) is 10.2 Å². The van der Waals surface area contributed by atoms with Gasteiger partial charge in [-0.25, -0.2) is 0 Å². The molecule has 19 heavy (non-hydrogen) atoms. The Morgan fingerprint density at radius 3 is 2.42 bits per heavy atom. The summed E-state index contributed by atoms with van der Waals surface area (Å²) in [6, 6.07) is 11.9. The summed E-state index contributed by atoms with van der Waals surface area (Å²) in [7, 11) is 0. The zero-order chi connectivity index (χ0) is 13.2. The lowest BCUT2D eigenvalue weighted by atomic mass is 10.1. The van der Waals surface area contributed by atoms with Crippen LogP contribution in [-0.2, 0) is 0 Å². The van der Waals surface area contributed by atoms with E-state index in [9.17, 15) is 0 Å². The highest BCUT2D eigenvalue weighted by Crippen LogP contribution is 2.34. The minimum absolute atomic E-state index is 0.766. The Labute approximate surface area is 116 Å². The number of fused-ring (bicyclic) bond motifs is 3. The molecule has 0 saturated carbocycles. The maximum absolute atomic E-state index is 6.14. The monoisotopic (exact) mass is 269 g/mol. The number of nitrogen functional groups attached to an aromatic ring is 1. The minimum atomic E-state index is 0.766. The second kappa shape index (κ2) is 5.05. The van der Waals surface area contributed by atoms with Gasteiger partial charge in [-0.3, -0.25) is 0 Å². The van der Waals surface area contributed by atoms with Crippen LogP contribution in [0.1, 0.15) is 13.3 Å². The smallest absolute Gasteiger partial charge is 0.0957 e. The maximum atomic E-state index is 6.14. The first-order valence-electron chi connectivity index (χ1n) is 6.37. The van der Waals surface area contributed by atoms with Gasteiger partial charge in [-0.2, -0.15) is 0 Å². The highest BCUT2D eigenvalue weighted by molar-refractivity contribution is 7.99. The topological polar surface area (TPSA) is 51.8 Å². The zero-order valence-corrected chi connectivity index (χ0v) is 11.6. The molecule has 0 bridgehead atoms. The first kappa shape index (κ1) is 12.2. The van der Waals surface area contributed by atoms with Gasteiger partial charge in [0.2, 0.25) is 0 Å². The molecule has 3 rings (SSSR count). The van der Waals surface area contributed by atoms with Crippen molar-refractivity contribution >= 4 is 39.3 Å². The standard InChI is InChI=1S/C15H15N3S/c1-2-9-19-13-8-4-7-12-15(13)14-10(16)5-3-6-11(14)17-18-12/h3-8H,2,9,16H2,1H3. The predicted molar refractivity (Wildman–Crippen MR) is 82.5 cm³/mol. The molecule has 0 aliphatic carbocycles. The third kappa shape index (κ3) is 2.12. The van der Waals surface area contributed by atoms with Gasteiger partial charge in [0.25, 0.3) is 0 Å². The lowest BCUT2D eigenvalue weighted by Crippen LogP contribution is -1.94. The summed E-state index contributed by atoms with van der Waals surface area (Å²) in [4.78, 5) is 1.23. The van der Waals surface area contributed by atoms with Crippen LogP contribution in [0.2, 0.25) is 0 Å². The second-order valence-corrected chi connectivity index (χ2v) is 5.58. The number of aromatic nitrogens is 2. The molecule has 0 atom stereocenters. The molecule has 0 aliphatic rings. The molecule has 3 aromatic rings. The van der Waals surface area contributed by atoms with E-state index in [2.05, 4.69) is 23.2 Å². The van der Waals surface area contributed by atoms with Crippen molar-refractivity contribution in [2.24, 2.45) is 0 Å². The number of benzene rings is 2. The highest BCUT2D eigenvalue weighted by atomic mass is 32.2. The summed E-state index contributed by atoms with van der Waals surface area (Å²) >= 11 is 1.85. The fourth-order valence-corrected chi connectivity index (χ4v) is 3.16. The van der Waals surface area contributed by atoms with Gasteiger partial charge in [-0.1, -0.05) is 19.1 Å². The Morgan fingerprint density at radius 1 is 1.00 bits per heavy atom. The Balaban J connectivity index is 2.38. The Kier molecular flexibility index (Phi) is 3.25. The third-order valence-electron chi connectivity index (χ3n) is 3.06. The van der Waals surface area contributed by atoms with Gasteiger partial charge in [-0.05, 0) is 36.4 Å². The third-order valence-corrected chi connectivity index (χ3v) is 4.32. The van der Waals surface area contributed by atoms with E-state index in [1.54, 1.807) is 0 Å². The summed E-state index contributed by atoms with van der Waals surface area (Å²) in [6.07, 6.45) is 1.15. The van der Waals surface area contributed by atoms with Crippen LogP contribution in [0.4, 0.5) is 5.69 Å². The van der Waals surface area contributed by atoms with Gasteiger partial charge in [-0.15, -0.1) is 22.0 Å². The molecule has 2 aromatic carbocycles. The highest BCUT2D eigenvalue weighted by Gasteiger charge is 2.10. The van der Waals surface area contributed by atoms with E-state index in [0.29, 0.717) is 0 Å². The lowest BCUT2D eigenvalue weighted by molar-refractivity contribution is 1.10. The van der Waals surface area contributed by atoms with Crippen LogP contribution in [0.3, 0.4) is 0 Å². The van der Waals surface area contributed by atoms with E-state index < -0.39 is 0 Å². The van der Waals surface area contributed by atoms with Gasteiger partial charge in [0, 0.05) is 21.4 Å². The molecule has 1 aromatic heterocycles. The van der Waals surface area contributed by atoms with Crippen molar-refractivity contribution in [2.75, 3.05) is 11.5 Å². The molecule has 0 fully saturated rings. The van der Waals surface area contributed by atoms with Gasteiger partial charge < -0.3 is 5.73 Å². The molecule has 2 N–H and O–H groups in total. The summed E-state index contributed by atoms with van der Waals surface area (Å²) in [5.41, 5.74) is 8.68. The molecular formula is C15H15N3S. The van der Waals surface area contributed by atoms with Gasteiger partial charge >= 0.3 is 0 Å². The number of thioether (sulfide) groups is 1. The maximum Gasteiger partial charge on any atom is 0.0957 e. The fraction of sp³-hybridized carbons (Fsp3) is 0.200. The number of hydrogen-bond donors (Lipinski definition) is 1. The van der Waals surface area contributed by atoms with Crippen molar-refractivity contribution in [2.45, 2.75) is 18.2 Å². The van der Waals surface area contributed by atoms with E-state index in [1.807, 2.05) is 42.1 Å². The first-order chi connectivity index (χ1) is 9.31. The zero-order valence-electron chi connectivity index (χ0n) is 10.8. The Morgan fingerprint density at radius 2 is 1.68 bits per heavy atom. The largest absolute Gasteiger partial charge is 0.398 e. The molecule has 0 spiro atoms. The number of nitrogens with zero attached hydrogens (tertiary/aromatic N) is 2. The molecule has 96 valence electrons. The average Bonchev–Trinajstić information content (AvgIpc) is 2.45. The average molecular weight is 269 g/mol. The number of rotatable bonds is 3. The van der Waals surface area contributed by atoms with Crippen molar-refractivity contribution in [1.29, 1.82) is 0 Å². The molecular weight excluding hydrogens is 254 g/mol. The van der Waals surface area contributed by atoms with Crippen LogP contribution in [0, 0.1) is 0 Å². The van der Waals surface area contributed by atoms with Crippen LogP contribution >= 0.6 is 11.8 Å². The lowest BCUT2D eigenvalue weighted by Gasteiger charge is -2.09. The summed E-state index contributed by atoms with van der Waals surface area (Å²) in [6.45, 7) is 2.18. The van der Waals surface area contributed by atoms with E-state index in [4.69, 9.17) is 5.73 Å². The second-order valence-electron chi connectivity index (χ2n) is 4.44. The van der Waals surface area contributed by atoms with Crippen LogP contribution in [0.15, 0.2) is 41.3 Å². The molecule has 0 saturated heterocycles. The van der Waals surface area contributed by atoms with Crippen LogP contribution in [0.5, 0.6) is 0 Å². The normalized spacial score (nSPS) is 11.2. The number of anilines is 1. The number of nitrogens with two attached hydrogens (primary N) is 1. The molecule has 0 aliphatic heterocycles. The van der Waals surface area contributed by atoms with Crippen LogP contribution in [-0.4, -0.2) is 16.0 Å². The van der Waals surface area contributed by atoms with Gasteiger partial charge in [0.05, 0.1) is 11.0 Å². The first-order valence-corrected chi connectivity index (χ1v) is 7.36. The predicted octanol–water partition coefficient (Wildman–Crippen LogP) is 3.87. The van der Waals surface area contributed by atoms with E-state index in [-0.39, 0.29) is 0 Å². The van der Waals surface area contributed by atoms with Crippen LogP contribution in [0.25, 0.3) is 21.8 Å². The number of hydrogen-bond acceptors (Lipinski definition) is 4. The van der Waals surface area contributed by atoms with E-state index >= 15 is 0 Å². The van der Waals surface area contributed by atoms with Crippen LogP contribution < -0.4 is 5.73 Å². The summed E-state index contributed by atoms with van der Waals surface area (Å²) in [5.74, 6) is 1.09. The Bertz CT molecular complexity index is 740. The molecule has 3 nitrogen and oxygen atoms in total. The molecule has 0 unspecified atom stereocenters. The minimum Gasteiger partial charge on any atom is -0.398 e. The SMILES string of the molecule is CCCSc1cccc2nnc3cccc(N)c3c12. The van der Waals surface area contributed by atoms with E-state index in [0.717, 1.165) is 39.7 Å². The Hall–Kier alpha value is -1.81. The van der Waals surface area contributed by atoms with Gasteiger partial charge in [0.1, 0.15) is 0 Å². The van der Waals surface area contributed by atoms with Crippen molar-refractivity contribution in [3.8, 4) is 0 Å². The fourth-order valence-electron chi connectivity index (χ4n) is 2.21. The quantitative estimate of drug-likeness (QED) is 0.445.